The first-order valence-electron chi connectivity index (χ1n) is 8.12. The number of aryl methyl sites for hydroxylation is 3. The molecule has 1 aliphatic carbocycles. The van der Waals surface area contributed by atoms with Crippen LogP contribution in [0.25, 0.3) is 0 Å². The molecule has 0 radical (unpaired) electrons. The van der Waals surface area contributed by atoms with Gasteiger partial charge in [0.05, 0.1) is 13.0 Å². The summed E-state index contributed by atoms with van der Waals surface area (Å²) in [7, 11) is 2.13. The molecule has 21 heavy (non-hydrogen) atoms. The van der Waals surface area contributed by atoms with Crippen molar-refractivity contribution in [2.24, 2.45) is 7.05 Å². The molecule has 1 heterocycles. The van der Waals surface area contributed by atoms with Crippen molar-refractivity contribution >= 4 is 0 Å². The second kappa shape index (κ2) is 6.00. The third-order valence-corrected chi connectivity index (χ3v) is 4.70. The van der Waals surface area contributed by atoms with Crippen molar-refractivity contribution in [3.8, 4) is 0 Å². The molecule has 0 aliphatic heterocycles. The Morgan fingerprint density at radius 2 is 1.95 bits per heavy atom. The monoisotopic (exact) mass is 284 g/mol. The average molecular weight is 284 g/mol. The van der Waals surface area contributed by atoms with Gasteiger partial charge in [0.15, 0.2) is 0 Å². The van der Waals surface area contributed by atoms with Crippen LogP contribution in [0.5, 0.6) is 0 Å². The van der Waals surface area contributed by atoms with Crippen molar-refractivity contribution in [3.63, 3.8) is 0 Å². The van der Waals surface area contributed by atoms with Crippen LogP contribution in [0.1, 0.15) is 60.5 Å². The Hall–Kier alpha value is -1.64. The van der Waals surface area contributed by atoms with Crippen molar-refractivity contribution < 1.29 is 4.57 Å². The molecule has 3 nitrogen and oxygen atoms in total. The van der Waals surface area contributed by atoms with E-state index >= 15 is 0 Å². The topological polar surface area (TPSA) is 21.7 Å². The Labute approximate surface area is 127 Å². The Morgan fingerprint density at radius 1 is 1.19 bits per heavy atom. The number of aromatic nitrogens is 3. The molecule has 0 saturated heterocycles. The molecule has 1 aromatic heterocycles. The molecule has 3 heteroatoms. The average Bonchev–Trinajstić information content (AvgIpc) is 2.84. The van der Waals surface area contributed by atoms with Crippen molar-refractivity contribution in [2.75, 3.05) is 0 Å². The van der Waals surface area contributed by atoms with E-state index in [1.807, 2.05) is 0 Å². The first-order valence-corrected chi connectivity index (χ1v) is 8.12. The number of nitrogens with zero attached hydrogens (tertiary/aromatic N) is 3. The highest BCUT2D eigenvalue weighted by atomic mass is 15.4. The zero-order chi connectivity index (χ0) is 14.8. The first-order chi connectivity index (χ1) is 10.1. The van der Waals surface area contributed by atoms with Crippen LogP contribution in [0.4, 0.5) is 0 Å². The van der Waals surface area contributed by atoms with Crippen LogP contribution in [-0.4, -0.2) is 9.78 Å². The summed E-state index contributed by atoms with van der Waals surface area (Å²) in [6.07, 6.45) is 8.85. The molecule has 0 atom stereocenters. The molecule has 0 spiro atoms. The van der Waals surface area contributed by atoms with E-state index in [1.54, 1.807) is 0 Å². The minimum atomic E-state index is 0.657. The van der Waals surface area contributed by atoms with E-state index in [0.29, 0.717) is 5.92 Å². The SMILES string of the molecule is Cc1ccc(Cn2c[n+](C)c(C3CCCCC3)n2)c(C)c1. The lowest BCUT2D eigenvalue weighted by Crippen LogP contribution is -2.33. The second-order valence-electron chi connectivity index (χ2n) is 6.55. The summed E-state index contributed by atoms with van der Waals surface area (Å²) in [4.78, 5) is 0. The summed E-state index contributed by atoms with van der Waals surface area (Å²) < 4.78 is 4.32. The molecule has 1 aromatic carbocycles. The van der Waals surface area contributed by atoms with E-state index in [-0.39, 0.29) is 0 Å². The minimum absolute atomic E-state index is 0.657. The van der Waals surface area contributed by atoms with Gasteiger partial charge in [-0.15, -0.1) is 4.68 Å². The zero-order valence-corrected chi connectivity index (χ0v) is 13.5. The van der Waals surface area contributed by atoms with Crippen LogP contribution >= 0.6 is 0 Å². The molecule has 2 aromatic rings. The maximum absolute atomic E-state index is 4.87. The lowest BCUT2D eigenvalue weighted by molar-refractivity contribution is -0.681. The predicted octanol–water partition coefficient (Wildman–Crippen LogP) is 3.42. The van der Waals surface area contributed by atoms with Crippen LogP contribution in [0.3, 0.4) is 0 Å². The fourth-order valence-corrected chi connectivity index (χ4v) is 3.49. The maximum Gasteiger partial charge on any atom is 0.280 e. The van der Waals surface area contributed by atoms with Crippen LogP contribution in [0.2, 0.25) is 0 Å². The van der Waals surface area contributed by atoms with Gasteiger partial charge in [0, 0.05) is 5.10 Å². The minimum Gasteiger partial charge on any atom is -0.237 e. The molecule has 1 saturated carbocycles. The first kappa shape index (κ1) is 14.3. The van der Waals surface area contributed by atoms with Crippen LogP contribution in [-0.2, 0) is 13.6 Å². The molecular weight excluding hydrogens is 258 g/mol. The lowest BCUT2D eigenvalue weighted by Gasteiger charge is -2.16. The smallest absolute Gasteiger partial charge is 0.237 e. The molecule has 0 unspecified atom stereocenters. The van der Waals surface area contributed by atoms with Gasteiger partial charge >= 0.3 is 0 Å². The van der Waals surface area contributed by atoms with E-state index in [0.717, 1.165) is 6.54 Å². The molecular formula is C18H26N3+. The number of benzene rings is 1. The molecule has 0 N–H and O–H groups in total. The number of rotatable bonds is 3. The molecule has 1 fully saturated rings. The van der Waals surface area contributed by atoms with E-state index in [9.17, 15) is 0 Å². The normalized spacial score (nSPS) is 16.3. The number of hydrogen-bond donors (Lipinski definition) is 0. The predicted molar refractivity (Wildman–Crippen MR) is 84.2 cm³/mol. The zero-order valence-electron chi connectivity index (χ0n) is 13.5. The van der Waals surface area contributed by atoms with Gasteiger partial charge in [0.25, 0.3) is 5.82 Å². The largest absolute Gasteiger partial charge is 0.280 e. The summed E-state index contributed by atoms with van der Waals surface area (Å²) in [6, 6.07) is 6.67. The molecule has 3 rings (SSSR count). The van der Waals surface area contributed by atoms with Gasteiger partial charge in [-0.2, -0.15) is 0 Å². The van der Waals surface area contributed by atoms with Crippen LogP contribution < -0.4 is 4.57 Å². The Kier molecular flexibility index (Phi) is 4.09. The van der Waals surface area contributed by atoms with E-state index < -0.39 is 0 Å². The fraction of sp³-hybridized carbons (Fsp3) is 0.556. The van der Waals surface area contributed by atoms with Crippen molar-refractivity contribution in [1.82, 2.24) is 9.78 Å². The van der Waals surface area contributed by atoms with Crippen molar-refractivity contribution in [2.45, 2.75) is 58.4 Å². The van der Waals surface area contributed by atoms with E-state index in [4.69, 9.17) is 5.10 Å². The summed E-state index contributed by atoms with van der Waals surface area (Å²) >= 11 is 0. The van der Waals surface area contributed by atoms with Crippen LogP contribution in [0.15, 0.2) is 24.5 Å². The van der Waals surface area contributed by atoms with Gasteiger partial charge in [-0.1, -0.05) is 43.0 Å². The molecule has 112 valence electrons. The highest BCUT2D eigenvalue weighted by Gasteiger charge is 2.26. The van der Waals surface area contributed by atoms with Crippen molar-refractivity contribution in [1.29, 1.82) is 0 Å². The van der Waals surface area contributed by atoms with Gasteiger partial charge in [0.1, 0.15) is 6.54 Å². The van der Waals surface area contributed by atoms with Crippen LogP contribution in [0, 0.1) is 13.8 Å². The summed E-state index contributed by atoms with van der Waals surface area (Å²) in [5, 5.41) is 4.87. The highest BCUT2D eigenvalue weighted by molar-refractivity contribution is 5.30. The Morgan fingerprint density at radius 3 is 2.67 bits per heavy atom. The second-order valence-corrected chi connectivity index (χ2v) is 6.55. The van der Waals surface area contributed by atoms with Gasteiger partial charge in [-0.25, -0.2) is 4.57 Å². The third-order valence-electron chi connectivity index (χ3n) is 4.70. The summed E-state index contributed by atoms with van der Waals surface area (Å²) in [5.74, 6) is 1.92. The summed E-state index contributed by atoms with van der Waals surface area (Å²) in [6.45, 7) is 5.20. The van der Waals surface area contributed by atoms with E-state index in [1.165, 1.54) is 54.6 Å². The fourth-order valence-electron chi connectivity index (χ4n) is 3.49. The van der Waals surface area contributed by atoms with Gasteiger partial charge < -0.3 is 0 Å². The quantitative estimate of drug-likeness (QED) is 0.791. The van der Waals surface area contributed by atoms with Crippen molar-refractivity contribution in [3.05, 3.63) is 47.0 Å². The number of hydrogen-bond acceptors (Lipinski definition) is 1. The maximum atomic E-state index is 4.87. The lowest BCUT2D eigenvalue weighted by atomic mass is 9.89. The Balaban J connectivity index is 1.80. The molecule has 0 bridgehead atoms. The third kappa shape index (κ3) is 3.17. The highest BCUT2D eigenvalue weighted by Crippen LogP contribution is 2.29. The molecule has 0 amide bonds. The Bertz CT molecular complexity index is 621. The van der Waals surface area contributed by atoms with Gasteiger partial charge in [-0.05, 0) is 37.8 Å². The van der Waals surface area contributed by atoms with E-state index in [2.05, 4.69) is 54.7 Å². The van der Waals surface area contributed by atoms with Gasteiger partial charge in [0.2, 0.25) is 6.33 Å². The molecule has 1 aliphatic rings. The summed E-state index contributed by atoms with van der Waals surface area (Å²) in [5.41, 5.74) is 4.04. The standard InChI is InChI=1S/C18H26N3/c1-14-9-10-17(15(2)11-14)12-21-13-20(3)18(19-21)16-7-5-4-6-8-16/h9-11,13,16H,4-8,12H2,1-3H3/q+1. The van der Waals surface area contributed by atoms with Gasteiger partial charge in [-0.3, -0.25) is 0 Å².